The number of nitrogens with one attached hydrogen (secondary N) is 1. The van der Waals surface area contributed by atoms with E-state index in [2.05, 4.69) is 19.2 Å². The van der Waals surface area contributed by atoms with E-state index in [1.807, 2.05) is 50.2 Å². The fourth-order valence-electron chi connectivity index (χ4n) is 4.15. The molecule has 3 rings (SSSR count). The van der Waals surface area contributed by atoms with Crippen LogP contribution in [0.3, 0.4) is 0 Å². The van der Waals surface area contributed by atoms with Gasteiger partial charge in [-0.15, -0.1) is 0 Å². The lowest BCUT2D eigenvalue weighted by Gasteiger charge is -2.32. The Hall–Kier alpha value is -3.65. The largest absolute Gasteiger partial charge is 0.355 e. The molecule has 202 valence electrons. The highest BCUT2D eigenvalue weighted by atomic mass is 32.2. The fraction of sp³-hybridized carbons (Fsp3) is 0.333. The van der Waals surface area contributed by atoms with Crippen molar-refractivity contribution < 1.29 is 18.0 Å². The van der Waals surface area contributed by atoms with Gasteiger partial charge in [-0.25, -0.2) is 8.42 Å². The molecule has 0 saturated carbocycles. The lowest BCUT2D eigenvalue weighted by molar-refractivity contribution is -0.139. The van der Waals surface area contributed by atoms with Crippen LogP contribution in [0.25, 0.3) is 0 Å². The van der Waals surface area contributed by atoms with Gasteiger partial charge >= 0.3 is 0 Å². The number of nitrogens with zero attached hydrogens (tertiary/aromatic N) is 2. The van der Waals surface area contributed by atoms with Gasteiger partial charge in [0, 0.05) is 13.1 Å². The number of sulfonamides is 1. The molecule has 0 saturated heterocycles. The second-order valence-corrected chi connectivity index (χ2v) is 11.5. The third kappa shape index (κ3) is 6.81. The average molecular weight is 536 g/mol. The van der Waals surface area contributed by atoms with Gasteiger partial charge in [-0.3, -0.25) is 13.9 Å². The molecule has 7 nitrogen and oxygen atoms in total. The molecule has 0 spiro atoms. The SMILES string of the molecule is CCNC(=O)C(C)N(Cc1ccccc1C)C(=O)CN(c1ccc(C(C)C)cc1)S(=O)(=O)c1ccccc1. The molecule has 0 fully saturated rings. The van der Waals surface area contributed by atoms with Crippen molar-refractivity contribution in [3.8, 4) is 0 Å². The van der Waals surface area contributed by atoms with Crippen molar-refractivity contribution in [2.75, 3.05) is 17.4 Å². The zero-order chi connectivity index (χ0) is 27.9. The summed E-state index contributed by atoms with van der Waals surface area (Å²) in [6, 6.07) is 22.1. The lowest BCUT2D eigenvalue weighted by atomic mass is 10.0. The quantitative estimate of drug-likeness (QED) is 0.380. The molecule has 8 heteroatoms. The van der Waals surface area contributed by atoms with E-state index in [-0.39, 0.29) is 23.3 Å². The summed E-state index contributed by atoms with van der Waals surface area (Å²) in [4.78, 5) is 28.2. The van der Waals surface area contributed by atoms with Gasteiger partial charge in [0.25, 0.3) is 10.0 Å². The van der Waals surface area contributed by atoms with Crippen molar-refractivity contribution in [1.82, 2.24) is 10.2 Å². The predicted octanol–water partition coefficient (Wildman–Crippen LogP) is 4.87. The van der Waals surface area contributed by atoms with Crippen molar-refractivity contribution >= 4 is 27.5 Å². The first-order valence-electron chi connectivity index (χ1n) is 12.9. The van der Waals surface area contributed by atoms with Crippen molar-refractivity contribution in [1.29, 1.82) is 0 Å². The fourth-order valence-corrected chi connectivity index (χ4v) is 5.58. The van der Waals surface area contributed by atoms with Crippen LogP contribution in [0.5, 0.6) is 0 Å². The summed E-state index contributed by atoms with van der Waals surface area (Å²) in [6.45, 7) is 9.68. The summed E-state index contributed by atoms with van der Waals surface area (Å²) in [7, 11) is -4.07. The first-order valence-corrected chi connectivity index (χ1v) is 14.3. The van der Waals surface area contributed by atoms with E-state index in [1.165, 1.54) is 17.0 Å². The molecule has 0 heterocycles. The van der Waals surface area contributed by atoms with E-state index in [4.69, 9.17) is 0 Å². The second-order valence-electron chi connectivity index (χ2n) is 9.59. The highest BCUT2D eigenvalue weighted by Crippen LogP contribution is 2.26. The number of hydrogen-bond acceptors (Lipinski definition) is 4. The molecule has 1 unspecified atom stereocenters. The van der Waals surface area contributed by atoms with E-state index in [0.29, 0.717) is 12.2 Å². The van der Waals surface area contributed by atoms with Gasteiger partial charge in [0.1, 0.15) is 12.6 Å². The first-order chi connectivity index (χ1) is 18.1. The Kier molecular flexibility index (Phi) is 9.69. The molecule has 0 aromatic heterocycles. The molecule has 3 aromatic carbocycles. The number of benzene rings is 3. The van der Waals surface area contributed by atoms with Gasteiger partial charge in [-0.2, -0.15) is 0 Å². The van der Waals surface area contributed by atoms with Crippen LogP contribution in [0.4, 0.5) is 5.69 Å². The van der Waals surface area contributed by atoms with Gasteiger partial charge in [0.05, 0.1) is 10.6 Å². The van der Waals surface area contributed by atoms with Crippen LogP contribution < -0.4 is 9.62 Å². The Labute approximate surface area is 226 Å². The maximum absolute atomic E-state index is 13.9. The van der Waals surface area contributed by atoms with E-state index >= 15 is 0 Å². The van der Waals surface area contributed by atoms with Crippen LogP contribution >= 0.6 is 0 Å². The average Bonchev–Trinajstić information content (AvgIpc) is 2.91. The highest BCUT2D eigenvalue weighted by molar-refractivity contribution is 7.92. The van der Waals surface area contributed by atoms with Crippen LogP contribution in [0.1, 0.15) is 50.3 Å². The smallest absolute Gasteiger partial charge is 0.264 e. The van der Waals surface area contributed by atoms with E-state index < -0.39 is 28.5 Å². The number of anilines is 1. The van der Waals surface area contributed by atoms with Crippen LogP contribution in [-0.4, -0.2) is 44.3 Å². The topological polar surface area (TPSA) is 86.8 Å². The van der Waals surface area contributed by atoms with Crippen LogP contribution in [0.2, 0.25) is 0 Å². The Balaban J connectivity index is 2.04. The molecule has 38 heavy (non-hydrogen) atoms. The normalized spacial score (nSPS) is 12.2. The molecular weight excluding hydrogens is 498 g/mol. The van der Waals surface area contributed by atoms with E-state index in [0.717, 1.165) is 21.0 Å². The van der Waals surface area contributed by atoms with Gasteiger partial charge in [-0.1, -0.05) is 68.4 Å². The summed E-state index contributed by atoms with van der Waals surface area (Å²) in [6.07, 6.45) is 0. The van der Waals surface area contributed by atoms with Crippen LogP contribution in [0.15, 0.2) is 83.8 Å². The monoisotopic (exact) mass is 535 g/mol. The van der Waals surface area contributed by atoms with Crippen molar-refractivity contribution in [3.63, 3.8) is 0 Å². The Morgan fingerprint density at radius 1 is 0.868 bits per heavy atom. The number of carbonyl (C=O) groups is 2. The van der Waals surface area contributed by atoms with Gasteiger partial charge in [0.2, 0.25) is 11.8 Å². The lowest BCUT2D eigenvalue weighted by Crippen LogP contribution is -2.51. The number of rotatable bonds is 11. The molecular formula is C30H37N3O4S. The van der Waals surface area contributed by atoms with E-state index in [1.54, 1.807) is 37.3 Å². The van der Waals surface area contributed by atoms with Crippen LogP contribution in [-0.2, 0) is 26.2 Å². The summed E-state index contributed by atoms with van der Waals surface area (Å²) in [5.74, 6) is -0.500. The zero-order valence-corrected chi connectivity index (χ0v) is 23.5. The molecule has 0 aliphatic rings. The Bertz CT molecular complexity index is 1340. The van der Waals surface area contributed by atoms with E-state index in [9.17, 15) is 18.0 Å². The molecule has 3 aromatic rings. The molecule has 0 aliphatic heterocycles. The summed E-state index contributed by atoms with van der Waals surface area (Å²) < 4.78 is 28.7. The molecule has 0 aliphatic carbocycles. The number of hydrogen-bond donors (Lipinski definition) is 1. The number of likely N-dealkylation sites (N-methyl/N-ethyl adjacent to an activating group) is 1. The van der Waals surface area contributed by atoms with Crippen molar-refractivity contribution in [2.24, 2.45) is 0 Å². The summed E-state index contributed by atoms with van der Waals surface area (Å²) in [5, 5.41) is 2.77. The third-order valence-electron chi connectivity index (χ3n) is 6.58. The van der Waals surface area contributed by atoms with Crippen molar-refractivity contribution in [2.45, 2.75) is 58.0 Å². The zero-order valence-electron chi connectivity index (χ0n) is 22.7. The highest BCUT2D eigenvalue weighted by Gasteiger charge is 2.32. The maximum atomic E-state index is 13.9. The minimum atomic E-state index is -4.07. The predicted molar refractivity (Wildman–Crippen MR) is 151 cm³/mol. The molecule has 0 bridgehead atoms. The first kappa shape index (κ1) is 28.9. The summed E-state index contributed by atoms with van der Waals surface area (Å²) >= 11 is 0. The Morgan fingerprint density at radius 2 is 1.47 bits per heavy atom. The van der Waals surface area contributed by atoms with Gasteiger partial charge < -0.3 is 10.2 Å². The maximum Gasteiger partial charge on any atom is 0.264 e. The number of amides is 2. The third-order valence-corrected chi connectivity index (χ3v) is 8.37. The van der Waals surface area contributed by atoms with Gasteiger partial charge in [-0.05, 0) is 67.6 Å². The minimum Gasteiger partial charge on any atom is -0.355 e. The number of carbonyl (C=O) groups excluding carboxylic acids is 2. The number of aryl methyl sites for hydroxylation is 1. The van der Waals surface area contributed by atoms with Crippen LogP contribution in [0, 0.1) is 6.92 Å². The molecule has 2 amide bonds. The summed E-state index contributed by atoms with van der Waals surface area (Å²) in [5.41, 5.74) is 3.30. The van der Waals surface area contributed by atoms with Crippen molar-refractivity contribution in [3.05, 3.63) is 95.6 Å². The second kappa shape index (κ2) is 12.7. The Morgan fingerprint density at radius 3 is 2.05 bits per heavy atom. The molecule has 0 radical (unpaired) electrons. The molecule has 1 atom stereocenters. The minimum absolute atomic E-state index is 0.0861. The van der Waals surface area contributed by atoms with Gasteiger partial charge in [0.15, 0.2) is 0 Å². The molecule has 1 N–H and O–H groups in total. The standard InChI is InChI=1S/C30H37N3O4S/c1-6-31-30(35)24(5)32(20-26-13-11-10-12-23(26)4)29(34)21-33(27-18-16-25(17-19-27)22(2)3)38(36,37)28-14-8-7-9-15-28/h7-19,22,24H,6,20-21H2,1-5H3,(H,31,35).